The molecule has 0 bridgehead atoms. The molecule has 1 aromatic carbocycles. The van der Waals surface area contributed by atoms with E-state index in [2.05, 4.69) is 20.2 Å². The van der Waals surface area contributed by atoms with Gasteiger partial charge in [0, 0.05) is 37.0 Å². The monoisotopic (exact) mass is 390 g/mol. The lowest BCUT2D eigenvalue weighted by molar-refractivity contribution is -0.169. The van der Waals surface area contributed by atoms with Crippen molar-refractivity contribution in [2.24, 2.45) is 0 Å². The summed E-state index contributed by atoms with van der Waals surface area (Å²) < 4.78 is 17.0. The van der Waals surface area contributed by atoms with Gasteiger partial charge in [-0.3, -0.25) is 0 Å². The lowest BCUT2D eigenvalue weighted by atomic mass is 10.0. The number of hydrogen-bond acceptors (Lipinski definition) is 7. The maximum atomic E-state index is 6.12. The van der Waals surface area contributed by atoms with Crippen LogP contribution >= 0.6 is 11.6 Å². The lowest BCUT2D eigenvalue weighted by Crippen LogP contribution is -2.45. The van der Waals surface area contributed by atoms with Gasteiger partial charge in [0.2, 0.25) is 0 Å². The number of benzene rings is 1. The van der Waals surface area contributed by atoms with Gasteiger partial charge in [0.1, 0.15) is 23.2 Å². The maximum absolute atomic E-state index is 6.12. The van der Waals surface area contributed by atoms with Crippen LogP contribution in [0.1, 0.15) is 18.7 Å². The molecule has 8 heteroatoms. The van der Waals surface area contributed by atoms with Crippen LogP contribution in [-0.4, -0.2) is 49.2 Å². The molecule has 2 aliphatic rings. The number of nitrogens with zero attached hydrogens (tertiary/aromatic N) is 3. The first kappa shape index (κ1) is 18.3. The van der Waals surface area contributed by atoms with E-state index in [9.17, 15) is 0 Å². The average Bonchev–Trinajstić information content (AvgIpc) is 3.10. The van der Waals surface area contributed by atoms with E-state index in [4.69, 9.17) is 25.8 Å². The molecule has 0 unspecified atom stereocenters. The molecule has 3 heterocycles. The van der Waals surface area contributed by atoms with E-state index in [-0.39, 0.29) is 0 Å². The number of methoxy groups -OCH3 is 1. The highest BCUT2D eigenvalue weighted by atomic mass is 35.5. The standard InChI is InChI=1S/C19H23ClN4O3/c1-13-21-17(23-15-11-14(20)3-4-16(15)25-2)12-18(22-13)24-7-5-19(6-8-24)26-9-10-27-19/h3-4,11-12H,5-10H2,1-2H3,(H,21,22,23). The van der Waals surface area contributed by atoms with Gasteiger partial charge >= 0.3 is 0 Å². The summed E-state index contributed by atoms with van der Waals surface area (Å²) in [7, 11) is 1.63. The van der Waals surface area contributed by atoms with Gasteiger partial charge in [-0.25, -0.2) is 9.97 Å². The Hall–Kier alpha value is -2.09. The minimum absolute atomic E-state index is 0.395. The fraction of sp³-hybridized carbons (Fsp3) is 0.474. The van der Waals surface area contributed by atoms with Crippen molar-refractivity contribution in [3.8, 4) is 5.75 Å². The molecular formula is C19H23ClN4O3. The Kier molecular flexibility index (Phi) is 5.08. The summed E-state index contributed by atoms with van der Waals surface area (Å²) in [5.41, 5.74) is 0.763. The molecule has 2 aromatic rings. The van der Waals surface area contributed by atoms with Crippen LogP contribution in [0.15, 0.2) is 24.3 Å². The zero-order valence-corrected chi connectivity index (χ0v) is 16.3. The second-order valence-corrected chi connectivity index (χ2v) is 7.16. The lowest BCUT2D eigenvalue weighted by Gasteiger charge is -2.38. The number of aryl methyl sites for hydroxylation is 1. The molecule has 1 N–H and O–H groups in total. The topological polar surface area (TPSA) is 68.7 Å². The third kappa shape index (κ3) is 3.95. The van der Waals surface area contributed by atoms with Crippen molar-refractivity contribution < 1.29 is 14.2 Å². The molecule has 0 radical (unpaired) electrons. The van der Waals surface area contributed by atoms with E-state index in [0.717, 1.165) is 37.4 Å². The highest BCUT2D eigenvalue weighted by Gasteiger charge is 2.40. The smallest absolute Gasteiger partial charge is 0.171 e. The van der Waals surface area contributed by atoms with Gasteiger partial charge in [0.05, 0.1) is 26.0 Å². The Morgan fingerprint density at radius 1 is 1.15 bits per heavy atom. The number of hydrogen-bond donors (Lipinski definition) is 1. The molecule has 0 atom stereocenters. The predicted octanol–water partition coefficient (Wildman–Crippen LogP) is 3.53. The number of ether oxygens (including phenoxy) is 3. The molecule has 7 nitrogen and oxygen atoms in total. The second-order valence-electron chi connectivity index (χ2n) is 6.72. The van der Waals surface area contributed by atoms with Crippen LogP contribution < -0.4 is 15.0 Å². The number of piperidine rings is 1. The van der Waals surface area contributed by atoms with Crippen molar-refractivity contribution in [3.05, 3.63) is 35.1 Å². The Labute approximate surface area is 163 Å². The van der Waals surface area contributed by atoms with Crippen LogP contribution in [0.2, 0.25) is 5.02 Å². The average molecular weight is 391 g/mol. The SMILES string of the molecule is COc1ccc(Cl)cc1Nc1cc(N2CCC3(CC2)OCCO3)nc(C)n1. The van der Waals surface area contributed by atoms with Crippen molar-refractivity contribution in [1.29, 1.82) is 0 Å². The first-order chi connectivity index (χ1) is 13.1. The van der Waals surface area contributed by atoms with E-state index in [1.165, 1.54) is 0 Å². The first-order valence-corrected chi connectivity index (χ1v) is 9.44. The van der Waals surface area contributed by atoms with E-state index < -0.39 is 5.79 Å². The summed E-state index contributed by atoms with van der Waals surface area (Å²) in [4.78, 5) is 11.4. The normalized spacial score (nSPS) is 18.7. The van der Waals surface area contributed by atoms with Gasteiger partial charge in [0.25, 0.3) is 0 Å². The van der Waals surface area contributed by atoms with Crippen LogP contribution in [0.3, 0.4) is 0 Å². The molecule has 2 saturated heterocycles. The number of anilines is 3. The second kappa shape index (κ2) is 7.50. The van der Waals surface area contributed by atoms with Crippen molar-refractivity contribution in [1.82, 2.24) is 9.97 Å². The van der Waals surface area contributed by atoms with Crippen LogP contribution in [0.25, 0.3) is 0 Å². The fourth-order valence-electron chi connectivity index (χ4n) is 3.56. The zero-order valence-electron chi connectivity index (χ0n) is 15.5. The minimum atomic E-state index is -0.395. The van der Waals surface area contributed by atoms with Crippen LogP contribution in [0, 0.1) is 6.92 Å². The molecule has 0 amide bonds. The molecule has 2 aliphatic heterocycles. The Morgan fingerprint density at radius 2 is 1.89 bits per heavy atom. The van der Waals surface area contributed by atoms with Gasteiger partial charge in [-0.15, -0.1) is 0 Å². The largest absolute Gasteiger partial charge is 0.495 e. The van der Waals surface area contributed by atoms with Crippen LogP contribution in [-0.2, 0) is 9.47 Å². The number of halogens is 1. The van der Waals surface area contributed by atoms with Gasteiger partial charge in [-0.2, -0.15) is 0 Å². The third-order valence-electron chi connectivity index (χ3n) is 4.91. The molecule has 4 rings (SSSR count). The highest BCUT2D eigenvalue weighted by molar-refractivity contribution is 6.31. The summed E-state index contributed by atoms with van der Waals surface area (Å²) in [6.45, 7) is 4.91. The Bertz CT molecular complexity index is 817. The molecule has 0 saturated carbocycles. The number of rotatable bonds is 4. The van der Waals surface area contributed by atoms with Crippen molar-refractivity contribution in [2.75, 3.05) is 43.6 Å². The van der Waals surface area contributed by atoms with Crippen LogP contribution in [0.5, 0.6) is 5.75 Å². The van der Waals surface area contributed by atoms with E-state index >= 15 is 0 Å². The van der Waals surface area contributed by atoms with Gasteiger partial charge in [-0.05, 0) is 25.1 Å². The van der Waals surface area contributed by atoms with E-state index in [1.807, 2.05) is 25.1 Å². The molecular weight excluding hydrogens is 368 g/mol. The first-order valence-electron chi connectivity index (χ1n) is 9.06. The van der Waals surface area contributed by atoms with Crippen molar-refractivity contribution in [2.45, 2.75) is 25.6 Å². The van der Waals surface area contributed by atoms with E-state index in [0.29, 0.717) is 35.6 Å². The summed E-state index contributed by atoms with van der Waals surface area (Å²) in [6.07, 6.45) is 1.67. The van der Waals surface area contributed by atoms with Gasteiger partial charge < -0.3 is 24.4 Å². The molecule has 1 aromatic heterocycles. The van der Waals surface area contributed by atoms with Gasteiger partial charge in [0.15, 0.2) is 5.79 Å². The van der Waals surface area contributed by atoms with Crippen molar-refractivity contribution in [3.63, 3.8) is 0 Å². The molecule has 1 spiro atoms. The minimum Gasteiger partial charge on any atom is -0.495 e. The maximum Gasteiger partial charge on any atom is 0.171 e. The summed E-state index contributed by atoms with van der Waals surface area (Å²) in [5.74, 6) is 2.59. The summed E-state index contributed by atoms with van der Waals surface area (Å²) in [5, 5.41) is 3.92. The van der Waals surface area contributed by atoms with Crippen LogP contribution in [0.4, 0.5) is 17.3 Å². The third-order valence-corrected chi connectivity index (χ3v) is 5.15. The molecule has 144 valence electrons. The summed E-state index contributed by atoms with van der Waals surface area (Å²) in [6, 6.07) is 7.38. The Morgan fingerprint density at radius 3 is 2.59 bits per heavy atom. The predicted molar refractivity (Wildman–Crippen MR) is 104 cm³/mol. The molecule has 27 heavy (non-hydrogen) atoms. The Balaban J connectivity index is 1.53. The molecule has 0 aliphatic carbocycles. The highest BCUT2D eigenvalue weighted by Crippen LogP contribution is 2.34. The number of nitrogens with one attached hydrogen (secondary N) is 1. The van der Waals surface area contributed by atoms with E-state index in [1.54, 1.807) is 13.2 Å². The van der Waals surface area contributed by atoms with Gasteiger partial charge in [-0.1, -0.05) is 11.6 Å². The zero-order chi connectivity index (χ0) is 18.9. The van der Waals surface area contributed by atoms with Crippen molar-refractivity contribution >= 4 is 28.9 Å². The summed E-state index contributed by atoms with van der Waals surface area (Å²) >= 11 is 6.12. The fourth-order valence-corrected chi connectivity index (χ4v) is 3.73. The molecule has 2 fully saturated rings. The quantitative estimate of drug-likeness (QED) is 0.856. The number of aromatic nitrogens is 2.